The lowest BCUT2D eigenvalue weighted by Crippen LogP contribution is -2.44. The number of hydrogen-bond donors (Lipinski definition) is 0. The topological polar surface area (TPSA) is 25.2 Å². The molecule has 0 radical (unpaired) electrons. The SMILES string of the molecule is O=c1c2ccccc2cc2n1CCCN2C1CCCCC1. The van der Waals surface area contributed by atoms with Gasteiger partial charge in [-0.05, 0) is 36.8 Å². The Labute approximate surface area is 125 Å². The van der Waals surface area contributed by atoms with Gasteiger partial charge in [-0.25, -0.2) is 0 Å². The van der Waals surface area contributed by atoms with E-state index >= 15 is 0 Å². The van der Waals surface area contributed by atoms with Gasteiger partial charge in [0.05, 0.1) is 0 Å². The highest BCUT2D eigenvalue weighted by Gasteiger charge is 2.26. The Kier molecular flexibility index (Phi) is 3.21. The molecule has 2 aliphatic rings. The van der Waals surface area contributed by atoms with E-state index in [1.54, 1.807) is 0 Å². The molecule has 0 atom stereocenters. The maximum Gasteiger partial charge on any atom is 0.259 e. The monoisotopic (exact) mass is 282 g/mol. The van der Waals surface area contributed by atoms with Crippen LogP contribution in [0.3, 0.4) is 0 Å². The average Bonchev–Trinajstić information content (AvgIpc) is 2.56. The van der Waals surface area contributed by atoms with Crippen molar-refractivity contribution in [1.82, 2.24) is 4.57 Å². The van der Waals surface area contributed by atoms with E-state index in [2.05, 4.69) is 17.0 Å². The molecular weight excluding hydrogens is 260 g/mol. The van der Waals surface area contributed by atoms with Crippen molar-refractivity contribution in [2.45, 2.75) is 51.1 Å². The van der Waals surface area contributed by atoms with E-state index in [1.807, 2.05) is 22.8 Å². The third kappa shape index (κ3) is 2.15. The van der Waals surface area contributed by atoms with Crippen LogP contribution < -0.4 is 10.5 Å². The Hall–Kier alpha value is -1.77. The van der Waals surface area contributed by atoms with Crippen molar-refractivity contribution in [3.63, 3.8) is 0 Å². The molecule has 0 bridgehead atoms. The van der Waals surface area contributed by atoms with Crippen LogP contribution in [0.1, 0.15) is 38.5 Å². The van der Waals surface area contributed by atoms with Crippen molar-refractivity contribution in [1.29, 1.82) is 0 Å². The number of aromatic nitrogens is 1. The van der Waals surface area contributed by atoms with Crippen LogP contribution in [-0.2, 0) is 6.54 Å². The minimum atomic E-state index is 0.184. The average molecular weight is 282 g/mol. The summed E-state index contributed by atoms with van der Waals surface area (Å²) >= 11 is 0. The summed E-state index contributed by atoms with van der Waals surface area (Å²) in [5, 5.41) is 1.93. The maximum atomic E-state index is 12.7. The van der Waals surface area contributed by atoms with Gasteiger partial charge in [0.15, 0.2) is 0 Å². The first-order chi connectivity index (χ1) is 10.3. The highest BCUT2D eigenvalue weighted by Crippen LogP contribution is 2.30. The van der Waals surface area contributed by atoms with Crippen LogP contribution in [0.15, 0.2) is 35.1 Å². The zero-order chi connectivity index (χ0) is 14.2. The Bertz CT molecular complexity index is 713. The highest BCUT2D eigenvalue weighted by atomic mass is 16.1. The van der Waals surface area contributed by atoms with Crippen LogP contribution in [0.25, 0.3) is 10.8 Å². The van der Waals surface area contributed by atoms with Crippen LogP contribution in [0.5, 0.6) is 0 Å². The van der Waals surface area contributed by atoms with Gasteiger partial charge in [0.25, 0.3) is 5.56 Å². The second kappa shape index (κ2) is 5.21. The number of rotatable bonds is 1. The van der Waals surface area contributed by atoms with Crippen LogP contribution >= 0.6 is 0 Å². The number of anilines is 1. The fraction of sp³-hybridized carbons (Fsp3) is 0.500. The lowest BCUT2D eigenvalue weighted by molar-refractivity contribution is 0.390. The third-order valence-electron chi connectivity index (χ3n) is 5.09. The maximum absolute atomic E-state index is 12.7. The van der Waals surface area contributed by atoms with Crippen molar-refractivity contribution in [3.8, 4) is 0 Å². The Morgan fingerprint density at radius 1 is 0.952 bits per heavy atom. The normalized spacial score (nSPS) is 19.7. The molecule has 1 fully saturated rings. The second-order valence-electron chi connectivity index (χ2n) is 6.39. The van der Waals surface area contributed by atoms with Gasteiger partial charge in [-0.2, -0.15) is 0 Å². The summed E-state index contributed by atoms with van der Waals surface area (Å²) < 4.78 is 2.00. The number of benzene rings is 1. The third-order valence-corrected chi connectivity index (χ3v) is 5.09. The van der Waals surface area contributed by atoms with Gasteiger partial charge < -0.3 is 4.90 Å². The molecule has 1 aliphatic heterocycles. The summed E-state index contributed by atoms with van der Waals surface area (Å²) in [4.78, 5) is 15.2. The number of pyridine rings is 1. The molecule has 0 unspecified atom stereocenters. The molecular formula is C18H22N2O. The Morgan fingerprint density at radius 3 is 2.62 bits per heavy atom. The van der Waals surface area contributed by atoms with Gasteiger partial charge in [0.1, 0.15) is 5.82 Å². The quantitative estimate of drug-likeness (QED) is 0.799. The summed E-state index contributed by atoms with van der Waals surface area (Å²) in [5.41, 5.74) is 0.184. The molecule has 0 N–H and O–H groups in total. The molecule has 4 rings (SSSR count). The molecule has 0 saturated heterocycles. The molecule has 2 aromatic rings. The van der Waals surface area contributed by atoms with Gasteiger partial charge in [-0.15, -0.1) is 0 Å². The first-order valence-corrected chi connectivity index (χ1v) is 8.24. The van der Waals surface area contributed by atoms with Crippen LogP contribution in [0, 0.1) is 0 Å². The molecule has 3 nitrogen and oxygen atoms in total. The van der Waals surface area contributed by atoms with E-state index in [0.29, 0.717) is 6.04 Å². The molecule has 1 aromatic carbocycles. The predicted octanol–water partition coefficient (Wildman–Crippen LogP) is 3.54. The van der Waals surface area contributed by atoms with Gasteiger partial charge in [0, 0.05) is 24.5 Å². The smallest absolute Gasteiger partial charge is 0.259 e. The van der Waals surface area contributed by atoms with Crippen molar-refractivity contribution in [2.24, 2.45) is 0 Å². The molecule has 0 spiro atoms. The fourth-order valence-corrected chi connectivity index (χ4v) is 4.01. The van der Waals surface area contributed by atoms with Crippen molar-refractivity contribution < 1.29 is 0 Å². The fourth-order valence-electron chi connectivity index (χ4n) is 4.01. The van der Waals surface area contributed by atoms with E-state index in [1.165, 1.54) is 32.1 Å². The van der Waals surface area contributed by atoms with Crippen molar-refractivity contribution in [3.05, 3.63) is 40.7 Å². The Balaban J connectivity index is 1.85. The number of nitrogens with zero attached hydrogens (tertiary/aromatic N) is 2. The van der Waals surface area contributed by atoms with Gasteiger partial charge >= 0.3 is 0 Å². The van der Waals surface area contributed by atoms with Crippen LogP contribution in [0.2, 0.25) is 0 Å². The lowest BCUT2D eigenvalue weighted by atomic mass is 9.93. The summed E-state index contributed by atoms with van der Waals surface area (Å²) in [7, 11) is 0. The number of fused-ring (bicyclic) bond motifs is 2. The molecule has 0 amide bonds. The molecule has 110 valence electrons. The van der Waals surface area contributed by atoms with E-state index in [0.717, 1.165) is 36.1 Å². The zero-order valence-electron chi connectivity index (χ0n) is 12.4. The molecule has 21 heavy (non-hydrogen) atoms. The zero-order valence-corrected chi connectivity index (χ0v) is 12.4. The van der Waals surface area contributed by atoms with Gasteiger partial charge in [0.2, 0.25) is 0 Å². The van der Waals surface area contributed by atoms with Crippen LogP contribution in [-0.4, -0.2) is 17.2 Å². The number of hydrogen-bond acceptors (Lipinski definition) is 2. The van der Waals surface area contributed by atoms with Gasteiger partial charge in [-0.1, -0.05) is 37.5 Å². The molecule has 1 aromatic heterocycles. The highest BCUT2D eigenvalue weighted by molar-refractivity contribution is 5.84. The van der Waals surface area contributed by atoms with Gasteiger partial charge in [-0.3, -0.25) is 9.36 Å². The van der Waals surface area contributed by atoms with E-state index in [-0.39, 0.29) is 5.56 Å². The standard InChI is InChI=1S/C18H22N2O/c21-18-16-10-5-4-7-14(16)13-17-19(11-6-12-20(17)18)15-8-2-1-3-9-15/h4-5,7,10,13,15H,1-3,6,8-9,11-12H2. The van der Waals surface area contributed by atoms with E-state index < -0.39 is 0 Å². The van der Waals surface area contributed by atoms with E-state index in [9.17, 15) is 4.79 Å². The minimum absolute atomic E-state index is 0.184. The van der Waals surface area contributed by atoms with Crippen molar-refractivity contribution in [2.75, 3.05) is 11.4 Å². The summed E-state index contributed by atoms with van der Waals surface area (Å²) in [6.07, 6.45) is 7.68. The summed E-state index contributed by atoms with van der Waals surface area (Å²) in [6, 6.07) is 10.8. The lowest BCUT2D eigenvalue weighted by Gasteiger charge is -2.40. The molecule has 3 heteroatoms. The summed E-state index contributed by atoms with van der Waals surface area (Å²) in [6.45, 7) is 1.96. The molecule has 1 saturated carbocycles. The second-order valence-corrected chi connectivity index (χ2v) is 6.39. The minimum Gasteiger partial charge on any atom is -0.355 e. The molecule has 1 aliphatic carbocycles. The predicted molar refractivity (Wildman–Crippen MR) is 87.0 cm³/mol. The van der Waals surface area contributed by atoms with Crippen molar-refractivity contribution >= 4 is 16.6 Å². The first-order valence-electron chi connectivity index (χ1n) is 8.24. The molecule has 2 heterocycles. The summed E-state index contributed by atoms with van der Waals surface area (Å²) in [5.74, 6) is 1.15. The Morgan fingerprint density at radius 2 is 1.76 bits per heavy atom. The van der Waals surface area contributed by atoms with E-state index in [4.69, 9.17) is 0 Å². The first kappa shape index (κ1) is 12.9. The van der Waals surface area contributed by atoms with Crippen LogP contribution in [0.4, 0.5) is 5.82 Å². The largest absolute Gasteiger partial charge is 0.355 e.